The minimum absolute atomic E-state index is 0.0435. The molecule has 2 unspecified atom stereocenters. The van der Waals surface area contributed by atoms with Gasteiger partial charge in [0.05, 0.1) is 6.04 Å². The molecule has 5 heteroatoms. The quantitative estimate of drug-likeness (QED) is 0.619. The van der Waals surface area contributed by atoms with Crippen molar-refractivity contribution in [3.63, 3.8) is 0 Å². The first-order chi connectivity index (χ1) is 7.50. The van der Waals surface area contributed by atoms with Gasteiger partial charge in [-0.3, -0.25) is 9.59 Å². The van der Waals surface area contributed by atoms with E-state index in [4.69, 9.17) is 5.73 Å². The number of rotatable bonds is 4. The van der Waals surface area contributed by atoms with Gasteiger partial charge in [-0.15, -0.1) is 0 Å². The second-order valence-corrected chi connectivity index (χ2v) is 4.68. The van der Waals surface area contributed by atoms with Crippen molar-refractivity contribution in [2.24, 2.45) is 11.7 Å². The van der Waals surface area contributed by atoms with Crippen molar-refractivity contribution in [2.75, 3.05) is 6.54 Å². The molecule has 0 bridgehead atoms. The van der Waals surface area contributed by atoms with Gasteiger partial charge >= 0.3 is 0 Å². The minimum Gasteiger partial charge on any atom is -0.368 e. The number of primary amides is 1. The molecular formula is C11H21N3O2. The van der Waals surface area contributed by atoms with Crippen molar-refractivity contribution in [1.29, 1.82) is 0 Å². The van der Waals surface area contributed by atoms with Gasteiger partial charge in [-0.05, 0) is 18.8 Å². The van der Waals surface area contributed by atoms with Gasteiger partial charge in [0, 0.05) is 19.0 Å². The Morgan fingerprint density at radius 3 is 2.81 bits per heavy atom. The van der Waals surface area contributed by atoms with Crippen molar-refractivity contribution < 1.29 is 9.59 Å². The molecule has 0 spiro atoms. The average Bonchev–Trinajstić information content (AvgIpc) is 2.38. The second-order valence-electron chi connectivity index (χ2n) is 4.68. The molecule has 5 nitrogen and oxygen atoms in total. The lowest BCUT2D eigenvalue weighted by Crippen LogP contribution is -2.50. The molecule has 0 saturated carbocycles. The molecule has 16 heavy (non-hydrogen) atoms. The van der Waals surface area contributed by atoms with Crippen LogP contribution in [0.1, 0.15) is 33.1 Å². The Balaban J connectivity index is 2.55. The molecule has 0 aromatic carbocycles. The van der Waals surface area contributed by atoms with Gasteiger partial charge in [0.1, 0.15) is 0 Å². The molecule has 0 aliphatic carbocycles. The van der Waals surface area contributed by atoms with E-state index in [1.54, 1.807) is 0 Å². The van der Waals surface area contributed by atoms with E-state index in [0.29, 0.717) is 6.42 Å². The Morgan fingerprint density at radius 1 is 1.56 bits per heavy atom. The number of hydrogen-bond donors (Lipinski definition) is 3. The number of hydrogen-bond acceptors (Lipinski definition) is 3. The van der Waals surface area contributed by atoms with Gasteiger partial charge in [-0.25, -0.2) is 0 Å². The zero-order chi connectivity index (χ0) is 12.1. The van der Waals surface area contributed by atoms with E-state index in [9.17, 15) is 9.59 Å². The summed E-state index contributed by atoms with van der Waals surface area (Å²) in [6.45, 7) is 4.61. The van der Waals surface area contributed by atoms with Crippen LogP contribution in [0.25, 0.3) is 0 Å². The van der Waals surface area contributed by atoms with Gasteiger partial charge < -0.3 is 16.4 Å². The van der Waals surface area contributed by atoms with E-state index in [-0.39, 0.29) is 29.8 Å². The molecule has 0 aromatic heterocycles. The Hall–Kier alpha value is -1.10. The van der Waals surface area contributed by atoms with Crippen LogP contribution in [0, 0.1) is 5.92 Å². The fraction of sp³-hybridized carbons (Fsp3) is 0.818. The molecule has 2 atom stereocenters. The topological polar surface area (TPSA) is 84.2 Å². The van der Waals surface area contributed by atoms with Crippen molar-refractivity contribution in [2.45, 2.75) is 45.2 Å². The normalized spacial score (nSPS) is 23.7. The van der Waals surface area contributed by atoms with Crippen LogP contribution in [0.4, 0.5) is 0 Å². The van der Waals surface area contributed by atoms with Gasteiger partial charge in [-0.1, -0.05) is 13.8 Å². The summed E-state index contributed by atoms with van der Waals surface area (Å²) in [6.07, 6.45) is 2.26. The second kappa shape index (κ2) is 5.84. The van der Waals surface area contributed by atoms with Crippen LogP contribution in [-0.2, 0) is 9.59 Å². The molecular weight excluding hydrogens is 206 g/mol. The lowest BCUT2D eigenvalue weighted by molar-refractivity contribution is -0.123. The van der Waals surface area contributed by atoms with Crippen LogP contribution in [-0.4, -0.2) is 30.4 Å². The van der Waals surface area contributed by atoms with Crippen LogP contribution in [0.2, 0.25) is 0 Å². The number of nitrogens with two attached hydrogens (primary N) is 1. The highest BCUT2D eigenvalue weighted by Gasteiger charge is 2.25. The van der Waals surface area contributed by atoms with E-state index in [1.165, 1.54) is 0 Å². The van der Waals surface area contributed by atoms with E-state index in [0.717, 1.165) is 19.4 Å². The molecule has 1 heterocycles. The Bertz CT molecular complexity index is 266. The lowest BCUT2D eigenvalue weighted by Gasteiger charge is -2.24. The van der Waals surface area contributed by atoms with Crippen LogP contribution >= 0.6 is 0 Å². The van der Waals surface area contributed by atoms with Crippen LogP contribution in [0.15, 0.2) is 0 Å². The molecule has 1 aliphatic heterocycles. The molecule has 1 aliphatic rings. The molecule has 1 fully saturated rings. The lowest BCUT2D eigenvalue weighted by atomic mass is 10.0. The predicted molar refractivity (Wildman–Crippen MR) is 61.6 cm³/mol. The van der Waals surface area contributed by atoms with Crippen LogP contribution in [0.5, 0.6) is 0 Å². The highest BCUT2D eigenvalue weighted by molar-refractivity contribution is 5.80. The van der Waals surface area contributed by atoms with Crippen molar-refractivity contribution in [3.05, 3.63) is 0 Å². The summed E-state index contributed by atoms with van der Waals surface area (Å²) < 4.78 is 0. The molecule has 92 valence electrons. The first-order valence-corrected chi connectivity index (χ1v) is 5.82. The maximum Gasteiger partial charge on any atom is 0.234 e. The highest BCUT2D eigenvalue weighted by atomic mass is 16.2. The molecule has 4 N–H and O–H groups in total. The third kappa shape index (κ3) is 3.81. The fourth-order valence-electron chi connectivity index (χ4n) is 1.97. The maximum atomic E-state index is 11.3. The zero-order valence-corrected chi connectivity index (χ0v) is 9.95. The summed E-state index contributed by atoms with van der Waals surface area (Å²) in [5.74, 6) is -0.162. The molecule has 0 radical (unpaired) electrons. The molecule has 0 aromatic rings. The first-order valence-electron chi connectivity index (χ1n) is 5.82. The predicted octanol–water partition coefficient (Wildman–Crippen LogP) is -0.245. The summed E-state index contributed by atoms with van der Waals surface area (Å²) in [5.41, 5.74) is 5.33. The van der Waals surface area contributed by atoms with Crippen molar-refractivity contribution in [3.8, 4) is 0 Å². The smallest absolute Gasteiger partial charge is 0.234 e. The summed E-state index contributed by atoms with van der Waals surface area (Å²) in [5, 5.41) is 6.00. The van der Waals surface area contributed by atoms with Crippen molar-refractivity contribution in [1.82, 2.24) is 10.6 Å². The van der Waals surface area contributed by atoms with Gasteiger partial charge in [0.2, 0.25) is 11.8 Å². The molecule has 2 amide bonds. The van der Waals surface area contributed by atoms with E-state index >= 15 is 0 Å². The number of nitrogens with one attached hydrogen (secondary N) is 2. The third-order valence-electron chi connectivity index (χ3n) is 2.87. The van der Waals surface area contributed by atoms with E-state index in [2.05, 4.69) is 10.6 Å². The van der Waals surface area contributed by atoms with Gasteiger partial charge in [0.25, 0.3) is 0 Å². The summed E-state index contributed by atoms with van der Waals surface area (Å²) in [7, 11) is 0. The van der Waals surface area contributed by atoms with Crippen LogP contribution in [0.3, 0.4) is 0 Å². The monoisotopic (exact) mass is 227 g/mol. The SMILES string of the molecule is CC(C)C(NC1CCCNC(=O)C1)C(N)=O. The van der Waals surface area contributed by atoms with Crippen LogP contribution < -0.4 is 16.4 Å². The average molecular weight is 227 g/mol. The van der Waals surface area contributed by atoms with E-state index < -0.39 is 0 Å². The number of carbonyl (C=O) groups excluding carboxylic acids is 2. The molecule has 1 rings (SSSR count). The fourth-order valence-corrected chi connectivity index (χ4v) is 1.97. The number of amides is 2. The third-order valence-corrected chi connectivity index (χ3v) is 2.87. The highest BCUT2D eigenvalue weighted by Crippen LogP contribution is 2.10. The van der Waals surface area contributed by atoms with Gasteiger partial charge in [-0.2, -0.15) is 0 Å². The van der Waals surface area contributed by atoms with Gasteiger partial charge in [0.15, 0.2) is 0 Å². The standard InChI is InChI=1S/C11H21N3O2/c1-7(2)10(11(12)16)14-8-4-3-5-13-9(15)6-8/h7-8,10,14H,3-6H2,1-2H3,(H2,12,16)(H,13,15). The Kier molecular flexibility index (Phi) is 4.73. The number of carbonyl (C=O) groups is 2. The Labute approximate surface area is 96.1 Å². The maximum absolute atomic E-state index is 11.3. The van der Waals surface area contributed by atoms with Crippen molar-refractivity contribution >= 4 is 11.8 Å². The zero-order valence-electron chi connectivity index (χ0n) is 9.95. The largest absolute Gasteiger partial charge is 0.368 e. The minimum atomic E-state index is -0.351. The van der Waals surface area contributed by atoms with E-state index in [1.807, 2.05) is 13.8 Å². The summed E-state index contributed by atoms with van der Waals surface area (Å²) in [4.78, 5) is 22.6. The summed E-state index contributed by atoms with van der Waals surface area (Å²) in [6, 6.07) is -0.293. The summed E-state index contributed by atoms with van der Waals surface area (Å²) >= 11 is 0. The first kappa shape index (κ1) is 13.0. The Morgan fingerprint density at radius 2 is 2.25 bits per heavy atom. The molecule has 1 saturated heterocycles.